The molecule has 144 valence electrons. The van der Waals surface area contributed by atoms with E-state index in [0.29, 0.717) is 12.0 Å². The van der Waals surface area contributed by atoms with Gasteiger partial charge in [-0.05, 0) is 67.6 Å². The molecule has 0 unspecified atom stereocenters. The van der Waals surface area contributed by atoms with Gasteiger partial charge in [-0.15, -0.1) is 0 Å². The molecule has 6 heteroatoms. The second kappa shape index (κ2) is 7.68. The second-order valence-corrected chi connectivity index (χ2v) is 7.73. The van der Waals surface area contributed by atoms with Gasteiger partial charge in [-0.3, -0.25) is 0 Å². The van der Waals surface area contributed by atoms with Gasteiger partial charge in [0.2, 0.25) is 5.95 Å². The minimum atomic E-state index is 0.296. The zero-order valence-corrected chi connectivity index (χ0v) is 16.9. The zero-order chi connectivity index (χ0) is 19.7. The van der Waals surface area contributed by atoms with Crippen LogP contribution in [0.5, 0.6) is 0 Å². The summed E-state index contributed by atoms with van der Waals surface area (Å²) in [5.74, 6) is 1.51. The molecule has 0 amide bonds. The minimum absolute atomic E-state index is 0.296. The maximum absolute atomic E-state index is 6.12. The number of aryl methyl sites for hydroxylation is 1. The van der Waals surface area contributed by atoms with Gasteiger partial charge in [0.25, 0.3) is 0 Å². The molecule has 4 rings (SSSR count). The predicted molar refractivity (Wildman–Crippen MR) is 117 cm³/mol. The lowest BCUT2D eigenvalue weighted by Crippen LogP contribution is -2.29. The highest BCUT2D eigenvalue weighted by atomic mass is 35.5. The number of benzene rings is 2. The van der Waals surface area contributed by atoms with Crippen LogP contribution in [0.1, 0.15) is 23.2 Å². The molecule has 1 aromatic heterocycles. The van der Waals surface area contributed by atoms with E-state index in [1.54, 1.807) is 0 Å². The van der Waals surface area contributed by atoms with E-state index in [9.17, 15) is 0 Å². The van der Waals surface area contributed by atoms with Crippen LogP contribution in [0.2, 0.25) is 5.02 Å². The molecule has 3 N–H and O–H groups in total. The van der Waals surface area contributed by atoms with Gasteiger partial charge in [0.1, 0.15) is 5.82 Å². The lowest BCUT2D eigenvalue weighted by Gasteiger charge is -2.27. The lowest BCUT2D eigenvalue weighted by molar-refractivity contribution is 0.607. The predicted octanol–water partition coefficient (Wildman–Crippen LogP) is 4.76. The third-order valence-electron chi connectivity index (χ3n) is 5.25. The van der Waals surface area contributed by atoms with Gasteiger partial charge in [0.15, 0.2) is 0 Å². The summed E-state index contributed by atoms with van der Waals surface area (Å²) in [5.41, 5.74) is 11.6. The first kappa shape index (κ1) is 18.6. The van der Waals surface area contributed by atoms with Crippen molar-refractivity contribution in [3.05, 3.63) is 70.4 Å². The van der Waals surface area contributed by atoms with Crippen LogP contribution in [0.15, 0.2) is 48.5 Å². The van der Waals surface area contributed by atoms with Crippen molar-refractivity contribution in [1.82, 2.24) is 9.97 Å². The molecule has 0 saturated carbocycles. The standard InChI is InChI=1S/C22H24ClN5/c1-14-12-21(28(2)18-9-6-16(23)7-10-18)27-22(25-14)26-17-8-11-19-15(13-17)4-3-5-20(19)24/h3-7,9-10,12,17H,8,11,13,24H2,1-2H3,(H,25,26,27)/t17-/m0/s1. The van der Waals surface area contributed by atoms with E-state index < -0.39 is 0 Å². The van der Waals surface area contributed by atoms with Gasteiger partial charge in [-0.25, -0.2) is 4.98 Å². The molecular weight excluding hydrogens is 370 g/mol. The first-order valence-corrected chi connectivity index (χ1v) is 9.85. The largest absolute Gasteiger partial charge is 0.398 e. The summed E-state index contributed by atoms with van der Waals surface area (Å²) in [6, 6.07) is 16.2. The highest BCUT2D eigenvalue weighted by Crippen LogP contribution is 2.28. The fourth-order valence-corrected chi connectivity index (χ4v) is 3.85. The van der Waals surface area contributed by atoms with Crippen molar-refractivity contribution in [1.29, 1.82) is 0 Å². The smallest absolute Gasteiger partial charge is 0.225 e. The summed E-state index contributed by atoms with van der Waals surface area (Å²) in [4.78, 5) is 11.4. The van der Waals surface area contributed by atoms with Crippen molar-refractivity contribution in [2.24, 2.45) is 0 Å². The molecule has 0 spiro atoms. The van der Waals surface area contributed by atoms with Gasteiger partial charge >= 0.3 is 0 Å². The van der Waals surface area contributed by atoms with Gasteiger partial charge in [-0.2, -0.15) is 4.98 Å². The first-order chi connectivity index (χ1) is 13.5. The third-order valence-corrected chi connectivity index (χ3v) is 5.50. The third kappa shape index (κ3) is 3.90. The van der Waals surface area contributed by atoms with Gasteiger partial charge in [0.05, 0.1) is 0 Å². The molecule has 1 aliphatic rings. The maximum Gasteiger partial charge on any atom is 0.225 e. The molecule has 1 heterocycles. The van der Waals surface area contributed by atoms with Gasteiger partial charge in [0, 0.05) is 41.2 Å². The number of hydrogen-bond acceptors (Lipinski definition) is 5. The van der Waals surface area contributed by atoms with Crippen molar-refractivity contribution in [2.75, 3.05) is 23.0 Å². The molecule has 1 atom stereocenters. The number of nitrogens with one attached hydrogen (secondary N) is 1. The van der Waals surface area contributed by atoms with Gasteiger partial charge in [-0.1, -0.05) is 23.7 Å². The summed E-state index contributed by atoms with van der Waals surface area (Å²) in [6.45, 7) is 1.99. The molecule has 3 aromatic rings. The number of nitrogen functional groups attached to an aromatic ring is 1. The summed E-state index contributed by atoms with van der Waals surface area (Å²) in [6.07, 6.45) is 2.92. The fraction of sp³-hybridized carbons (Fsp3) is 0.273. The van der Waals surface area contributed by atoms with Crippen LogP contribution in [-0.2, 0) is 12.8 Å². The Morgan fingerprint density at radius 3 is 2.71 bits per heavy atom. The molecule has 0 radical (unpaired) electrons. The van der Waals surface area contributed by atoms with Crippen molar-refractivity contribution >= 4 is 34.7 Å². The van der Waals surface area contributed by atoms with E-state index in [-0.39, 0.29) is 0 Å². The Morgan fingerprint density at radius 1 is 1.14 bits per heavy atom. The summed E-state index contributed by atoms with van der Waals surface area (Å²) in [7, 11) is 1.99. The highest BCUT2D eigenvalue weighted by Gasteiger charge is 2.21. The highest BCUT2D eigenvalue weighted by molar-refractivity contribution is 6.30. The fourth-order valence-electron chi connectivity index (χ4n) is 3.73. The molecule has 0 fully saturated rings. The number of hydrogen-bond donors (Lipinski definition) is 2. The topological polar surface area (TPSA) is 67.1 Å². The van der Waals surface area contributed by atoms with Crippen molar-refractivity contribution in [3.63, 3.8) is 0 Å². The Morgan fingerprint density at radius 2 is 1.93 bits per heavy atom. The average molecular weight is 394 g/mol. The van der Waals surface area contributed by atoms with E-state index in [1.807, 2.05) is 61.3 Å². The minimum Gasteiger partial charge on any atom is -0.398 e. The molecule has 5 nitrogen and oxygen atoms in total. The molecule has 0 bridgehead atoms. The van der Waals surface area contributed by atoms with Crippen LogP contribution < -0.4 is 16.0 Å². The monoisotopic (exact) mass is 393 g/mol. The zero-order valence-electron chi connectivity index (χ0n) is 16.1. The van der Waals surface area contributed by atoms with Crippen molar-refractivity contribution < 1.29 is 0 Å². The Labute approximate surface area is 170 Å². The summed E-state index contributed by atoms with van der Waals surface area (Å²) < 4.78 is 0. The number of nitrogens with zero attached hydrogens (tertiary/aromatic N) is 3. The Balaban J connectivity index is 1.54. The molecule has 1 aliphatic carbocycles. The molecule has 0 aliphatic heterocycles. The van der Waals surface area contributed by atoms with Crippen LogP contribution in [0, 0.1) is 6.92 Å². The van der Waals surface area contributed by atoms with E-state index >= 15 is 0 Å². The maximum atomic E-state index is 6.12. The SMILES string of the molecule is Cc1cc(N(C)c2ccc(Cl)cc2)nc(N[C@H]2CCc3c(N)cccc3C2)n1. The van der Waals surface area contributed by atoms with E-state index in [2.05, 4.69) is 16.4 Å². The summed E-state index contributed by atoms with van der Waals surface area (Å²) in [5, 5.41) is 4.25. The van der Waals surface area contributed by atoms with Crippen LogP contribution >= 0.6 is 11.6 Å². The molecule has 28 heavy (non-hydrogen) atoms. The first-order valence-electron chi connectivity index (χ1n) is 9.47. The van der Waals surface area contributed by atoms with Crippen molar-refractivity contribution in [2.45, 2.75) is 32.2 Å². The van der Waals surface area contributed by atoms with E-state index in [1.165, 1.54) is 11.1 Å². The van der Waals surface area contributed by atoms with Crippen molar-refractivity contribution in [3.8, 4) is 0 Å². The number of fused-ring (bicyclic) bond motifs is 1. The van der Waals surface area contributed by atoms with Gasteiger partial charge < -0.3 is 16.0 Å². The average Bonchev–Trinajstić information content (AvgIpc) is 2.68. The number of nitrogens with two attached hydrogens (primary N) is 1. The summed E-state index contributed by atoms with van der Waals surface area (Å²) >= 11 is 6.00. The van der Waals surface area contributed by atoms with Crippen LogP contribution in [0.4, 0.5) is 23.1 Å². The Bertz CT molecular complexity index is 987. The molecular formula is C22H24ClN5. The van der Waals surface area contributed by atoms with Crippen LogP contribution in [0.3, 0.4) is 0 Å². The van der Waals surface area contributed by atoms with Crippen LogP contribution in [0.25, 0.3) is 0 Å². The second-order valence-electron chi connectivity index (χ2n) is 7.30. The normalized spacial score (nSPS) is 15.8. The van der Waals surface area contributed by atoms with E-state index in [0.717, 1.165) is 47.2 Å². The number of rotatable bonds is 4. The van der Waals surface area contributed by atoms with Crippen LogP contribution in [-0.4, -0.2) is 23.1 Å². The molecule has 0 saturated heterocycles. The number of anilines is 4. The Hall–Kier alpha value is -2.79. The Kier molecular flexibility index (Phi) is 5.09. The molecule has 2 aromatic carbocycles. The number of halogens is 1. The number of aromatic nitrogens is 2. The quantitative estimate of drug-likeness (QED) is 0.625. The lowest BCUT2D eigenvalue weighted by atomic mass is 9.87. The van der Waals surface area contributed by atoms with E-state index in [4.69, 9.17) is 22.3 Å².